The van der Waals surface area contributed by atoms with Gasteiger partial charge in [0.25, 0.3) is 0 Å². The summed E-state index contributed by atoms with van der Waals surface area (Å²) in [6.45, 7) is 0. The molecule has 2 aliphatic carbocycles. The Morgan fingerprint density at radius 2 is 1.35 bits per heavy atom. The summed E-state index contributed by atoms with van der Waals surface area (Å²) < 4.78 is 6.27. The van der Waals surface area contributed by atoms with Gasteiger partial charge in [0.15, 0.2) is 0 Å². The molecule has 3 fully saturated rings. The number of rotatable bonds is 1. The molecule has 0 radical (unpaired) electrons. The second-order valence-corrected chi connectivity index (χ2v) is 6.04. The molecule has 3 aliphatic rings. The lowest BCUT2D eigenvalue weighted by atomic mass is 9.65. The van der Waals surface area contributed by atoms with Crippen molar-refractivity contribution in [3.8, 4) is 0 Å². The monoisotopic (exact) mass is 237 g/mol. The predicted octanol–water partition coefficient (Wildman–Crippen LogP) is 2.24. The van der Waals surface area contributed by atoms with Crippen molar-refractivity contribution in [1.82, 2.24) is 0 Å². The van der Waals surface area contributed by atoms with E-state index in [-0.39, 0.29) is 11.8 Å². The molecule has 0 aromatic rings. The highest BCUT2D eigenvalue weighted by molar-refractivity contribution is 5.77. The van der Waals surface area contributed by atoms with Crippen LogP contribution in [0.5, 0.6) is 0 Å². The highest BCUT2D eigenvalue weighted by atomic mass is 16.5. The summed E-state index contributed by atoms with van der Waals surface area (Å²) in [6, 6.07) is 0. The van der Waals surface area contributed by atoms with Crippen molar-refractivity contribution < 1.29 is 9.53 Å². The molecule has 1 aliphatic heterocycles. The Morgan fingerprint density at radius 1 is 0.882 bits per heavy atom. The van der Waals surface area contributed by atoms with Gasteiger partial charge in [0.05, 0.1) is 12.2 Å². The number of fused-ring (bicyclic) bond motifs is 2. The Balaban J connectivity index is 1.85. The summed E-state index contributed by atoms with van der Waals surface area (Å²) >= 11 is 0. The van der Waals surface area contributed by atoms with Gasteiger partial charge in [-0.05, 0) is 37.5 Å². The van der Waals surface area contributed by atoms with Crippen molar-refractivity contribution in [1.29, 1.82) is 0 Å². The zero-order valence-corrected chi connectivity index (χ0v) is 10.4. The molecule has 1 heterocycles. The third kappa shape index (κ3) is 1.99. The molecule has 0 aromatic heterocycles. The van der Waals surface area contributed by atoms with E-state index in [0.717, 1.165) is 25.7 Å². The van der Waals surface area contributed by atoms with Crippen LogP contribution < -0.4 is 5.73 Å². The minimum atomic E-state index is -0.0675. The molecular weight excluding hydrogens is 214 g/mol. The van der Waals surface area contributed by atoms with Gasteiger partial charge in [-0.25, -0.2) is 0 Å². The van der Waals surface area contributed by atoms with Crippen LogP contribution in [0.3, 0.4) is 0 Å². The van der Waals surface area contributed by atoms with Gasteiger partial charge >= 0.3 is 0 Å². The predicted molar refractivity (Wildman–Crippen MR) is 65.3 cm³/mol. The summed E-state index contributed by atoms with van der Waals surface area (Å²) in [6.07, 6.45) is 10.2. The van der Waals surface area contributed by atoms with Crippen LogP contribution in [0, 0.1) is 17.8 Å². The van der Waals surface area contributed by atoms with Gasteiger partial charge in [-0.15, -0.1) is 0 Å². The number of primary amides is 1. The number of nitrogens with two attached hydrogens (primary N) is 1. The molecule has 4 atom stereocenters. The maximum absolute atomic E-state index is 11.8. The van der Waals surface area contributed by atoms with Crippen molar-refractivity contribution >= 4 is 5.91 Å². The molecule has 1 saturated heterocycles. The minimum Gasteiger partial charge on any atom is -0.374 e. The Bertz CT molecular complexity index is 283. The lowest BCUT2D eigenvalue weighted by Gasteiger charge is -2.50. The van der Waals surface area contributed by atoms with Crippen LogP contribution in [0.4, 0.5) is 0 Å². The van der Waals surface area contributed by atoms with Gasteiger partial charge < -0.3 is 10.5 Å². The average molecular weight is 237 g/mol. The maximum atomic E-state index is 11.8. The van der Waals surface area contributed by atoms with Gasteiger partial charge in [-0.1, -0.05) is 25.7 Å². The summed E-state index contributed by atoms with van der Waals surface area (Å²) in [5.74, 6) is 0.864. The first-order valence-electron chi connectivity index (χ1n) is 7.22. The second-order valence-electron chi connectivity index (χ2n) is 6.04. The minimum absolute atomic E-state index is 0.0675. The van der Waals surface area contributed by atoms with E-state index in [9.17, 15) is 4.79 Å². The Kier molecular flexibility index (Phi) is 3.12. The first-order chi connectivity index (χ1) is 8.27. The van der Waals surface area contributed by atoms with Crippen molar-refractivity contribution in [2.75, 3.05) is 0 Å². The number of hydrogen-bond acceptors (Lipinski definition) is 2. The van der Waals surface area contributed by atoms with Crippen molar-refractivity contribution in [2.45, 2.75) is 63.6 Å². The molecule has 2 saturated carbocycles. The molecule has 17 heavy (non-hydrogen) atoms. The largest absolute Gasteiger partial charge is 0.374 e. The lowest BCUT2D eigenvalue weighted by Crippen LogP contribution is -2.54. The molecule has 3 rings (SSSR count). The molecule has 2 N–H and O–H groups in total. The third-order valence-corrected chi connectivity index (χ3v) is 5.11. The third-order valence-electron chi connectivity index (χ3n) is 5.11. The summed E-state index contributed by atoms with van der Waals surface area (Å²) in [7, 11) is 0. The highest BCUT2D eigenvalue weighted by Crippen LogP contribution is 2.47. The first-order valence-corrected chi connectivity index (χ1v) is 7.22. The fourth-order valence-corrected chi connectivity index (χ4v) is 4.37. The number of amides is 1. The Morgan fingerprint density at radius 3 is 1.82 bits per heavy atom. The van der Waals surface area contributed by atoms with Gasteiger partial charge in [0.1, 0.15) is 0 Å². The number of carbonyl (C=O) groups excluding carboxylic acids is 1. The summed E-state index contributed by atoms with van der Waals surface area (Å²) in [5, 5.41) is 0. The zero-order valence-electron chi connectivity index (χ0n) is 10.4. The summed E-state index contributed by atoms with van der Waals surface area (Å²) in [4.78, 5) is 11.8. The van der Waals surface area contributed by atoms with Crippen LogP contribution >= 0.6 is 0 Å². The normalized spacial score (nSPS) is 45.8. The molecule has 3 heteroatoms. The van der Waals surface area contributed by atoms with E-state index < -0.39 is 0 Å². The molecule has 3 nitrogen and oxygen atoms in total. The fourth-order valence-electron chi connectivity index (χ4n) is 4.37. The van der Waals surface area contributed by atoms with Crippen LogP contribution in [0.15, 0.2) is 0 Å². The van der Waals surface area contributed by atoms with Crippen molar-refractivity contribution in [3.05, 3.63) is 0 Å². The van der Waals surface area contributed by atoms with E-state index in [2.05, 4.69) is 0 Å². The maximum Gasteiger partial charge on any atom is 0.221 e. The smallest absolute Gasteiger partial charge is 0.221 e. The zero-order chi connectivity index (χ0) is 11.8. The van der Waals surface area contributed by atoms with Crippen LogP contribution in [0.2, 0.25) is 0 Å². The van der Waals surface area contributed by atoms with E-state index in [1.807, 2.05) is 0 Å². The van der Waals surface area contributed by atoms with Gasteiger partial charge in [-0.3, -0.25) is 4.79 Å². The summed E-state index contributed by atoms with van der Waals surface area (Å²) in [5.41, 5.74) is 5.69. The van der Waals surface area contributed by atoms with Gasteiger partial charge in [0, 0.05) is 5.92 Å². The molecule has 96 valence electrons. The molecule has 0 bridgehead atoms. The molecule has 0 aromatic carbocycles. The average Bonchev–Trinajstić information content (AvgIpc) is 2.35. The highest BCUT2D eigenvalue weighted by Gasteiger charge is 2.48. The number of carbonyl (C=O) groups is 1. The van der Waals surface area contributed by atoms with Crippen LogP contribution in [0.1, 0.15) is 51.4 Å². The SMILES string of the molecule is NC(=O)C1C2CCCCC2OC2CCCCC21. The van der Waals surface area contributed by atoms with Crippen molar-refractivity contribution in [2.24, 2.45) is 23.5 Å². The number of hydrogen-bond donors (Lipinski definition) is 1. The Hall–Kier alpha value is -0.570. The van der Waals surface area contributed by atoms with E-state index in [1.165, 1.54) is 25.7 Å². The van der Waals surface area contributed by atoms with E-state index in [4.69, 9.17) is 10.5 Å². The lowest BCUT2D eigenvalue weighted by molar-refractivity contribution is -0.177. The van der Waals surface area contributed by atoms with Crippen LogP contribution in [-0.4, -0.2) is 18.1 Å². The standard InChI is InChI=1S/C14H23NO2/c15-14(16)13-9-5-1-3-7-11(9)17-12-8-4-2-6-10(12)13/h9-13H,1-8H2,(H2,15,16). The topological polar surface area (TPSA) is 52.3 Å². The van der Waals surface area contributed by atoms with Crippen LogP contribution in [-0.2, 0) is 9.53 Å². The van der Waals surface area contributed by atoms with E-state index in [0.29, 0.717) is 24.0 Å². The quantitative estimate of drug-likeness (QED) is 0.760. The van der Waals surface area contributed by atoms with E-state index >= 15 is 0 Å². The first kappa shape index (κ1) is 11.5. The van der Waals surface area contributed by atoms with E-state index in [1.54, 1.807) is 0 Å². The molecule has 1 amide bonds. The van der Waals surface area contributed by atoms with Crippen LogP contribution in [0.25, 0.3) is 0 Å². The molecule has 4 unspecified atom stereocenters. The van der Waals surface area contributed by atoms with Gasteiger partial charge in [0.2, 0.25) is 5.91 Å². The fraction of sp³-hybridized carbons (Fsp3) is 0.929. The second kappa shape index (κ2) is 4.60. The Labute approximate surface area is 103 Å². The van der Waals surface area contributed by atoms with Gasteiger partial charge in [-0.2, -0.15) is 0 Å². The number of ether oxygens (including phenoxy) is 1. The molecule has 0 spiro atoms. The van der Waals surface area contributed by atoms with Crippen molar-refractivity contribution in [3.63, 3.8) is 0 Å². The molecular formula is C14H23NO2.